The summed E-state index contributed by atoms with van der Waals surface area (Å²) in [6, 6.07) is 17.3. The zero-order chi connectivity index (χ0) is 19.8. The standard InChI is InChI=1S/C22H22FN3O2/c1-28-20-8-4-16(5-9-20)10-12-24-21-14-18(11-13-25-21)22(27)26-15-17-2-6-19(23)7-3-17/h2-9,11,13-14H,10,12,15H2,1H3,(H,24,25)(H,26,27). The second kappa shape index (κ2) is 9.50. The van der Waals surface area contributed by atoms with Gasteiger partial charge in [0, 0.05) is 24.8 Å². The molecule has 0 saturated carbocycles. The number of anilines is 1. The maximum absolute atomic E-state index is 12.9. The van der Waals surface area contributed by atoms with E-state index < -0.39 is 0 Å². The molecule has 28 heavy (non-hydrogen) atoms. The van der Waals surface area contributed by atoms with Crippen LogP contribution in [0.1, 0.15) is 21.5 Å². The van der Waals surface area contributed by atoms with Gasteiger partial charge in [-0.05, 0) is 53.9 Å². The number of hydrogen-bond donors (Lipinski definition) is 2. The molecular weight excluding hydrogens is 357 g/mol. The lowest BCUT2D eigenvalue weighted by Crippen LogP contribution is -2.23. The maximum atomic E-state index is 12.9. The molecule has 0 bridgehead atoms. The molecule has 0 unspecified atom stereocenters. The predicted molar refractivity (Wildman–Crippen MR) is 107 cm³/mol. The van der Waals surface area contributed by atoms with Crippen molar-refractivity contribution in [1.29, 1.82) is 0 Å². The number of rotatable bonds is 8. The molecule has 1 aromatic heterocycles. The molecule has 0 spiro atoms. The van der Waals surface area contributed by atoms with Crippen LogP contribution in [-0.2, 0) is 13.0 Å². The van der Waals surface area contributed by atoms with Crippen molar-refractivity contribution in [2.75, 3.05) is 19.0 Å². The third kappa shape index (κ3) is 5.54. The first-order chi connectivity index (χ1) is 13.6. The Labute approximate surface area is 163 Å². The average Bonchev–Trinajstić information content (AvgIpc) is 2.74. The van der Waals surface area contributed by atoms with E-state index in [1.165, 1.54) is 17.7 Å². The molecule has 144 valence electrons. The monoisotopic (exact) mass is 379 g/mol. The normalized spacial score (nSPS) is 10.4. The fourth-order valence-corrected chi connectivity index (χ4v) is 2.68. The van der Waals surface area contributed by atoms with E-state index in [1.54, 1.807) is 37.6 Å². The molecule has 1 amide bonds. The van der Waals surface area contributed by atoms with Gasteiger partial charge in [-0.15, -0.1) is 0 Å². The minimum atomic E-state index is -0.297. The Hall–Kier alpha value is -3.41. The number of hydrogen-bond acceptors (Lipinski definition) is 4. The number of amides is 1. The van der Waals surface area contributed by atoms with Gasteiger partial charge in [0.2, 0.25) is 0 Å². The van der Waals surface area contributed by atoms with Gasteiger partial charge < -0.3 is 15.4 Å². The third-order valence-corrected chi connectivity index (χ3v) is 4.27. The Bertz CT molecular complexity index is 912. The van der Waals surface area contributed by atoms with Crippen molar-refractivity contribution in [3.8, 4) is 5.75 Å². The van der Waals surface area contributed by atoms with Crippen LogP contribution in [0.3, 0.4) is 0 Å². The molecule has 2 aromatic carbocycles. The Balaban J connectivity index is 1.50. The van der Waals surface area contributed by atoms with E-state index in [0.717, 1.165) is 17.7 Å². The molecule has 0 radical (unpaired) electrons. The van der Waals surface area contributed by atoms with E-state index in [4.69, 9.17) is 4.74 Å². The number of halogens is 1. The number of carbonyl (C=O) groups excluding carboxylic acids is 1. The molecule has 0 atom stereocenters. The topological polar surface area (TPSA) is 63.2 Å². The number of methoxy groups -OCH3 is 1. The summed E-state index contributed by atoms with van der Waals surface area (Å²) in [5.41, 5.74) is 2.53. The van der Waals surface area contributed by atoms with Crippen LogP contribution in [0.15, 0.2) is 66.9 Å². The first-order valence-corrected chi connectivity index (χ1v) is 8.99. The predicted octanol–water partition coefficient (Wildman–Crippen LogP) is 3.81. The molecule has 1 heterocycles. The summed E-state index contributed by atoms with van der Waals surface area (Å²) in [6.07, 6.45) is 2.43. The summed E-state index contributed by atoms with van der Waals surface area (Å²) >= 11 is 0. The van der Waals surface area contributed by atoms with Crippen LogP contribution in [-0.4, -0.2) is 24.5 Å². The van der Waals surface area contributed by atoms with Gasteiger partial charge in [-0.2, -0.15) is 0 Å². The van der Waals surface area contributed by atoms with Crippen molar-refractivity contribution in [3.63, 3.8) is 0 Å². The van der Waals surface area contributed by atoms with Gasteiger partial charge >= 0.3 is 0 Å². The molecule has 6 heteroatoms. The van der Waals surface area contributed by atoms with Gasteiger partial charge in [-0.3, -0.25) is 4.79 Å². The second-order valence-electron chi connectivity index (χ2n) is 6.26. The lowest BCUT2D eigenvalue weighted by Gasteiger charge is -2.09. The van der Waals surface area contributed by atoms with E-state index in [1.807, 2.05) is 24.3 Å². The van der Waals surface area contributed by atoms with Crippen molar-refractivity contribution in [1.82, 2.24) is 10.3 Å². The molecule has 0 aliphatic heterocycles. The van der Waals surface area contributed by atoms with E-state index in [-0.39, 0.29) is 11.7 Å². The van der Waals surface area contributed by atoms with Gasteiger partial charge in [0.15, 0.2) is 0 Å². The van der Waals surface area contributed by atoms with E-state index in [0.29, 0.717) is 24.5 Å². The summed E-state index contributed by atoms with van der Waals surface area (Å²) in [4.78, 5) is 16.6. The van der Waals surface area contributed by atoms with Crippen LogP contribution in [0.25, 0.3) is 0 Å². The number of ether oxygens (including phenoxy) is 1. The summed E-state index contributed by atoms with van der Waals surface area (Å²) in [5, 5.41) is 6.06. The molecule has 0 fully saturated rings. The molecule has 2 N–H and O–H groups in total. The maximum Gasteiger partial charge on any atom is 0.251 e. The summed E-state index contributed by atoms with van der Waals surface area (Å²) in [6.45, 7) is 1.03. The highest BCUT2D eigenvalue weighted by Gasteiger charge is 2.07. The molecular formula is C22H22FN3O2. The molecule has 0 aliphatic carbocycles. The fourth-order valence-electron chi connectivity index (χ4n) is 2.68. The largest absolute Gasteiger partial charge is 0.497 e. The van der Waals surface area contributed by atoms with Crippen molar-refractivity contribution < 1.29 is 13.9 Å². The van der Waals surface area contributed by atoms with Crippen molar-refractivity contribution >= 4 is 11.7 Å². The zero-order valence-electron chi connectivity index (χ0n) is 15.6. The van der Waals surface area contributed by atoms with Gasteiger partial charge in [0.1, 0.15) is 17.4 Å². The number of aromatic nitrogens is 1. The molecule has 5 nitrogen and oxygen atoms in total. The van der Waals surface area contributed by atoms with Crippen molar-refractivity contribution in [2.24, 2.45) is 0 Å². The van der Waals surface area contributed by atoms with E-state index >= 15 is 0 Å². The van der Waals surface area contributed by atoms with Crippen LogP contribution in [0.4, 0.5) is 10.2 Å². The van der Waals surface area contributed by atoms with Crippen molar-refractivity contribution in [3.05, 3.63) is 89.4 Å². The highest BCUT2D eigenvalue weighted by molar-refractivity contribution is 5.94. The number of nitrogens with one attached hydrogen (secondary N) is 2. The SMILES string of the molecule is COc1ccc(CCNc2cc(C(=O)NCc3ccc(F)cc3)ccn2)cc1. The first kappa shape index (κ1) is 19.4. The number of nitrogens with zero attached hydrogens (tertiary/aromatic N) is 1. The summed E-state index contributed by atoms with van der Waals surface area (Å²) < 4.78 is 18.1. The van der Waals surface area contributed by atoms with Gasteiger partial charge in [0.05, 0.1) is 7.11 Å². The van der Waals surface area contributed by atoms with Crippen LogP contribution in [0.2, 0.25) is 0 Å². The van der Waals surface area contributed by atoms with Gasteiger partial charge in [-0.1, -0.05) is 24.3 Å². The van der Waals surface area contributed by atoms with Crippen LogP contribution in [0, 0.1) is 5.82 Å². The van der Waals surface area contributed by atoms with Crippen molar-refractivity contribution in [2.45, 2.75) is 13.0 Å². The van der Waals surface area contributed by atoms with Gasteiger partial charge in [-0.25, -0.2) is 9.37 Å². The highest BCUT2D eigenvalue weighted by atomic mass is 19.1. The molecule has 3 rings (SSSR count). The second-order valence-corrected chi connectivity index (χ2v) is 6.26. The van der Waals surface area contributed by atoms with Crippen LogP contribution < -0.4 is 15.4 Å². The van der Waals surface area contributed by atoms with E-state index in [2.05, 4.69) is 15.6 Å². The van der Waals surface area contributed by atoms with Crippen LogP contribution >= 0.6 is 0 Å². The fraction of sp³-hybridized carbons (Fsp3) is 0.182. The number of carbonyl (C=O) groups is 1. The number of pyridine rings is 1. The van der Waals surface area contributed by atoms with Gasteiger partial charge in [0.25, 0.3) is 5.91 Å². The molecule has 0 saturated heterocycles. The zero-order valence-corrected chi connectivity index (χ0v) is 15.6. The minimum Gasteiger partial charge on any atom is -0.497 e. The number of benzene rings is 2. The average molecular weight is 379 g/mol. The Morgan fingerprint density at radius 3 is 2.46 bits per heavy atom. The smallest absolute Gasteiger partial charge is 0.251 e. The molecule has 0 aliphatic rings. The van der Waals surface area contributed by atoms with E-state index in [9.17, 15) is 9.18 Å². The quantitative estimate of drug-likeness (QED) is 0.625. The lowest BCUT2D eigenvalue weighted by atomic mass is 10.1. The first-order valence-electron chi connectivity index (χ1n) is 8.99. The Kier molecular flexibility index (Phi) is 6.57. The van der Waals surface area contributed by atoms with Crippen LogP contribution in [0.5, 0.6) is 5.75 Å². The summed E-state index contributed by atoms with van der Waals surface area (Å²) in [5.74, 6) is 0.972. The Morgan fingerprint density at radius 1 is 1.04 bits per heavy atom. The summed E-state index contributed by atoms with van der Waals surface area (Å²) in [7, 11) is 1.64. The minimum absolute atomic E-state index is 0.204. The highest BCUT2D eigenvalue weighted by Crippen LogP contribution is 2.12. The lowest BCUT2D eigenvalue weighted by molar-refractivity contribution is 0.0951. The molecule has 3 aromatic rings. The third-order valence-electron chi connectivity index (χ3n) is 4.27. The Morgan fingerprint density at radius 2 is 1.75 bits per heavy atom.